The maximum Gasteiger partial charge on any atom is 0.208 e. The van der Waals surface area contributed by atoms with Crippen LogP contribution in [0.5, 0.6) is 0 Å². The van der Waals surface area contributed by atoms with Gasteiger partial charge in [-0.05, 0) is 29.8 Å². The van der Waals surface area contributed by atoms with Crippen molar-refractivity contribution in [1.29, 1.82) is 0 Å². The van der Waals surface area contributed by atoms with Gasteiger partial charge in [0.1, 0.15) is 16.6 Å². The van der Waals surface area contributed by atoms with Crippen LogP contribution < -0.4 is 9.80 Å². The van der Waals surface area contributed by atoms with Gasteiger partial charge in [0.2, 0.25) is 5.13 Å². The molecule has 1 aliphatic rings. The third-order valence-electron chi connectivity index (χ3n) is 4.47. The highest BCUT2D eigenvalue weighted by Crippen LogP contribution is 2.26. The maximum atomic E-state index is 13.9. The first-order chi connectivity index (χ1) is 12.7. The van der Waals surface area contributed by atoms with E-state index in [0.717, 1.165) is 41.9 Å². The third kappa shape index (κ3) is 3.67. The van der Waals surface area contributed by atoms with E-state index >= 15 is 0 Å². The lowest BCUT2D eigenvalue weighted by Crippen LogP contribution is -2.46. The average molecular weight is 372 g/mol. The maximum absolute atomic E-state index is 13.9. The quantitative estimate of drug-likeness (QED) is 0.699. The molecule has 1 saturated heterocycles. The standard InChI is InChI=1S/C19H18F2N4S/c20-15-7-5-14(6-8-15)13-18-22-23-19(26-18)25-11-9-24(10-12-25)17-4-2-1-3-16(17)21/h1-8H,9-13H2. The van der Waals surface area contributed by atoms with Gasteiger partial charge in [0, 0.05) is 32.6 Å². The Morgan fingerprint density at radius 2 is 1.54 bits per heavy atom. The zero-order valence-electron chi connectivity index (χ0n) is 14.1. The highest BCUT2D eigenvalue weighted by atomic mass is 32.1. The summed E-state index contributed by atoms with van der Waals surface area (Å²) in [7, 11) is 0. The van der Waals surface area contributed by atoms with Crippen molar-refractivity contribution in [3.05, 3.63) is 70.7 Å². The molecule has 2 heterocycles. The van der Waals surface area contributed by atoms with Gasteiger partial charge in [-0.3, -0.25) is 0 Å². The Labute approximate surface area is 154 Å². The summed E-state index contributed by atoms with van der Waals surface area (Å²) < 4.78 is 26.9. The zero-order chi connectivity index (χ0) is 17.9. The van der Waals surface area contributed by atoms with Crippen LogP contribution in [0.25, 0.3) is 0 Å². The third-order valence-corrected chi connectivity index (χ3v) is 5.45. The van der Waals surface area contributed by atoms with Gasteiger partial charge in [-0.1, -0.05) is 35.6 Å². The number of hydrogen-bond donors (Lipinski definition) is 0. The molecule has 1 fully saturated rings. The van der Waals surface area contributed by atoms with Crippen molar-refractivity contribution < 1.29 is 8.78 Å². The van der Waals surface area contributed by atoms with Crippen LogP contribution in [-0.4, -0.2) is 36.4 Å². The molecule has 134 valence electrons. The second-order valence-electron chi connectivity index (χ2n) is 6.21. The van der Waals surface area contributed by atoms with Crippen LogP contribution in [0.3, 0.4) is 0 Å². The fraction of sp³-hybridized carbons (Fsp3) is 0.263. The summed E-state index contributed by atoms with van der Waals surface area (Å²) in [6, 6.07) is 13.3. The topological polar surface area (TPSA) is 32.3 Å². The van der Waals surface area contributed by atoms with Gasteiger partial charge in [-0.2, -0.15) is 0 Å². The molecule has 0 unspecified atom stereocenters. The number of nitrogens with zero attached hydrogens (tertiary/aromatic N) is 4. The van der Waals surface area contributed by atoms with Crippen LogP contribution in [0.15, 0.2) is 48.5 Å². The Bertz CT molecular complexity index is 873. The van der Waals surface area contributed by atoms with Crippen molar-refractivity contribution in [2.75, 3.05) is 36.0 Å². The molecule has 3 aromatic rings. The first kappa shape index (κ1) is 16.9. The van der Waals surface area contributed by atoms with Crippen LogP contribution >= 0.6 is 11.3 Å². The van der Waals surface area contributed by atoms with Crippen LogP contribution in [-0.2, 0) is 6.42 Å². The van der Waals surface area contributed by atoms with Gasteiger partial charge in [0.25, 0.3) is 0 Å². The molecule has 0 atom stereocenters. The fourth-order valence-electron chi connectivity index (χ4n) is 3.07. The van der Waals surface area contributed by atoms with E-state index in [1.54, 1.807) is 29.5 Å². The molecule has 2 aromatic carbocycles. The number of hydrogen-bond acceptors (Lipinski definition) is 5. The number of rotatable bonds is 4. The Balaban J connectivity index is 1.38. The minimum absolute atomic E-state index is 0.182. The Morgan fingerprint density at radius 3 is 2.27 bits per heavy atom. The molecule has 0 radical (unpaired) electrons. The molecule has 1 aliphatic heterocycles. The number of piperazine rings is 1. The van der Waals surface area contributed by atoms with Gasteiger partial charge < -0.3 is 9.80 Å². The minimum Gasteiger partial charge on any atom is -0.366 e. The lowest BCUT2D eigenvalue weighted by molar-refractivity contribution is 0.597. The van der Waals surface area contributed by atoms with Crippen molar-refractivity contribution in [2.45, 2.75) is 6.42 Å². The van der Waals surface area contributed by atoms with Gasteiger partial charge in [0.15, 0.2) is 0 Å². The molecule has 0 bridgehead atoms. The summed E-state index contributed by atoms with van der Waals surface area (Å²) in [6.45, 7) is 3.04. The molecular formula is C19H18F2N4S. The Kier molecular flexibility index (Phi) is 4.79. The SMILES string of the molecule is Fc1ccc(Cc2nnc(N3CCN(c4ccccc4F)CC3)s2)cc1. The van der Waals surface area contributed by atoms with Gasteiger partial charge >= 0.3 is 0 Å². The highest BCUT2D eigenvalue weighted by Gasteiger charge is 2.21. The monoisotopic (exact) mass is 372 g/mol. The van der Waals surface area contributed by atoms with Gasteiger partial charge in [-0.25, -0.2) is 8.78 Å². The van der Waals surface area contributed by atoms with E-state index in [1.165, 1.54) is 18.2 Å². The summed E-state index contributed by atoms with van der Waals surface area (Å²) in [5, 5.41) is 10.3. The molecule has 0 amide bonds. The van der Waals surface area contributed by atoms with Crippen molar-refractivity contribution in [2.24, 2.45) is 0 Å². The smallest absolute Gasteiger partial charge is 0.208 e. The van der Waals surface area contributed by atoms with Gasteiger partial charge in [-0.15, -0.1) is 10.2 Å². The van der Waals surface area contributed by atoms with Crippen LogP contribution in [0.2, 0.25) is 0 Å². The molecule has 0 N–H and O–H groups in total. The van der Waals surface area contributed by atoms with Crippen LogP contribution in [0.4, 0.5) is 19.6 Å². The van der Waals surface area contributed by atoms with E-state index in [0.29, 0.717) is 12.1 Å². The van der Waals surface area contributed by atoms with Crippen molar-refractivity contribution in [3.63, 3.8) is 0 Å². The molecule has 1 aromatic heterocycles. The van der Waals surface area contributed by atoms with E-state index in [9.17, 15) is 8.78 Å². The molecule has 7 heteroatoms. The van der Waals surface area contributed by atoms with Crippen LogP contribution in [0, 0.1) is 11.6 Å². The number of halogens is 2. The minimum atomic E-state index is -0.237. The van der Waals surface area contributed by atoms with E-state index < -0.39 is 0 Å². The normalized spacial score (nSPS) is 14.7. The molecule has 4 nitrogen and oxygen atoms in total. The Hall–Kier alpha value is -2.54. The summed E-state index contributed by atoms with van der Waals surface area (Å²) in [6.07, 6.45) is 0.646. The molecule has 4 rings (SSSR count). The highest BCUT2D eigenvalue weighted by molar-refractivity contribution is 7.15. The van der Waals surface area contributed by atoms with Gasteiger partial charge in [0.05, 0.1) is 5.69 Å². The van der Waals surface area contributed by atoms with E-state index in [4.69, 9.17) is 0 Å². The summed E-state index contributed by atoms with van der Waals surface area (Å²) in [4.78, 5) is 4.25. The second kappa shape index (κ2) is 7.37. The molecule has 0 saturated carbocycles. The predicted molar refractivity (Wildman–Crippen MR) is 99.9 cm³/mol. The fourth-order valence-corrected chi connectivity index (χ4v) is 3.99. The average Bonchev–Trinajstić information content (AvgIpc) is 3.13. The van der Waals surface area contributed by atoms with E-state index in [-0.39, 0.29) is 11.6 Å². The van der Waals surface area contributed by atoms with Crippen LogP contribution in [0.1, 0.15) is 10.6 Å². The molecule has 26 heavy (non-hydrogen) atoms. The summed E-state index contributed by atoms with van der Waals surface area (Å²) in [5.41, 5.74) is 1.67. The first-order valence-corrected chi connectivity index (χ1v) is 9.32. The lowest BCUT2D eigenvalue weighted by Gasteiger charge is -2.35. The number of benzene rings is 2. The number of anilines is 2. The first-order valence-electron chi connectivity index (χ1n) is 8.50. The summed E-state index contributed by atoms with van der Waals surface area (Å²) in [5.74, 6) is -0.419. The number of aromatic nitrogens is 2. The zero-order valence-corrected chi connectivity index (χ0v) is 14.9. The molecule has 0 aliphatic carbocycles. The van der Waals surface area contributed by atoms with E-state index in [2.05, 4.69) is 20.0 Å². The van der Waals surface area contributed by atoms with Crippen molar-refractivity contribution in [3.8, 4) is 0 Å². The Morgan fingerprint density at radius 1 is 0.846 bits per heavy atom. The molecular weight excluding hydrogens is 354 g/mol. The predicted octanol–water partition coefficient (Wildman–Crippen LogP) is 3.73. The van der Waals surface area contributed by atoms with Crippen molar-refractivity contribution in [1.82, 2.24) is 10.2 Å². The van der Waals surface area contributed by atoms with Crippen molar-refractivity contribution >= 4 is 22.2 Å². The van der Waals surface area contributed by atoms with E-state index in [1.807, 2.05) is 12.1 Å². The lowest BCUT2D eigenvalue weighted by atomic mass is 10.2. The summed E-state index contributed by atoms with van der Waals surface area (Å²) >= 11 is 1.56. The number of para-hydroxylation sites is 1. The largest absolute Gasteiger partial charge is 0.366 e. The second-order valence-corrected chi connectivity index (χ2v) is 7.25. The molecule has 0 spiro atoms.